The molecule has 1 saturated heterocycles. The highest BCUT2D eigenvalue weighted by molar-refractivity contribution is 5.97. The van der Waals surface area contributed by atoms with Gasteiger partial charge >= 0.3 is 6.09 Å². The van der Waals surface area contributed by atoms with Crippen LogP contribution in [0.3, 0.4) is 0 Å². The molecule has 0 spiro atoms. The van der Waals surface area contributed by atoms with Gasteiger partial charge in [0.2, 0.25) is 5.91 Å². The van der Waals surface area contributed by atoms with Crippen LogP contribution in [0.4, 0.5) is 4.79 Å². The van der Waals surface area contributed by atoms with Gasteiger partial charge in [-0.2, -0.15) is 0 Å². The van der Waals surface area contributed by atoms with Gasteiger partial charge < -0.3 is 9.47 Å². The molecule has 0 aromatic heterocycles. The molecule has 2 aromatic rings. The summed E-state index contributed by atoms with van der Waals surface area (Å²) in [5.41, 5.74) is 0.640. The highest BCUT2D eigenvalue weighted by Gasteiger charge is 2.45. The number of hydrogen-bond donors (Lipinski definition) is 0. The van der Waals surface area contributed by atoms with E-state index < -0.39 is 12.0 Å². The largest absolute Gasteiger partial charge is 0.497 e. The van der Waals surface area contributed by atoms with Crippen molar-refractivity contribution in [2.45, 2.75) is 39.7 Å². The fourth-order valence-corrected chi connectivity index (χ4v) is 3.29. The molecule has 2 amide bonds. The SMILES string of the molecule is COc1ccc2cc([C@@H](C)C(=O)N3C(=O)OC[C@@H]3C(C)(C)C)ccc2c1. The first-order valence-electron chi connectivity index (χ1n) is 8.80. The lowest BCUT2D eigenvalue weighted by Crippen LogP contribution is -2.47. The second-order valence-electron chi connectivity index (χ2n) is 7.86. The molecule has 0 N–H and O–H groups in total. The van der Waals surface area contributed by atoms with Crippen LogP contribution in [0.2, 0.25) is 0 Å². The number of benzene rings is 2. The van der Waals surface area contributed by atoms with Crippen LogP contribution in [-0.2, 0) is 9.53 Å². The molecular formula is C21H25NO4. The molecule has 5 heteroatoms. The standard InChI is InChI=1S/C21H25NO4/c1-13(19(23)22-18(21(2,3)4)12-26-20(22)24)14-6-7-16-11-17(25-5)9-8-15(16)10-14/h6-11,13,18H,12H2,1-5H3/t13-,18-/m1/s1. The predicted molar refractivity (Wildman–Crippen MR) is 100 cm³/mol. The summed E-state index contributed by atoms with van der Waals surface area (Å²) in [6, 6.07) is 11.5. The lowest BCUT2D eigenvalue weighted by molar-refractivity contribution is -0.131. The first kappa shape index (κ1) is 18.2. The summed E-state index contributed by atoms with van der Waals surface area (Å²) < 4.78 is 10.4. The van der Waals surface area contributed by atoms with Crippen molar-refractivity contribution in [1.82, 2.24) is 4.90 Å². The smallest absolute Gasteiger partial charge is 0.417 e. The van der Waals surface area contributed by atoms with Gasteiger partial charge in [0.05, 0.1) is 19.1 Å². The van der Waals surface area contributed by atoms with Crippen molar-refractivity contribution in [2.75, 3.05) is 13.7 Å². The summed E-state index contributed by atoms with van der Waals surface area (Å²) >= 11 is 0. The van der Waals surface area contributed by atoms with Crippen molar-refractivity contribution in [3.63, 3.8) is 0 Å². The first-order valence-corrected chi connectivity index (χ1v) is 8.80. The zero-order valence-corrected chi connectivity index (χ0v) is 15.9. The molecule has 1 fully saturated rings. The maximum atomic E-state index is 13.1. The quantitative estimate of drug-likeness (QED) is 0.821. The summed E-state index contributed by atoms with van der Waals surface area (Å²) in [5, 5.41) is 2.07. The van der Waals surface area contributed by atoms with E-state index in [9.17, 15) is 9.59 Å². The lowest BCUT2D eigenvalue weighted by Gasteiger charge is -2.32. The maximum absolute atomic E-state index is 13.1. The number of rotatable bonds is 3. The monoisotopic (exact) mass is 355 g/mol. The number of carbonyl (C=O) groups is 2. The van der Waals surface area contributed by atoms with Gasteiger partial charge in [-0.05, 0) is 40.8 Å². The number of cyclic esters (lactones) is 1. The zero-order valence-electron chi connectivity index (χ0n) is 15.9. The van der Waals surface area contributed by atoms with Crippen LogP contribution >= 0.6 is 0 Å². The minimum absolute atomic E-state index is 0.222. The number of imide groups is 1. The van der Waals surface area contributed by atoms with Gasteiger partial charge in [0.25, 0.3) is 0 Å². The molecule has 0 unspecified atom stereocenters. The van der Waals surface area contributed by atoms with Gasteiger partial charge in [-0.3, -0.25) is 4.79 Å². The summed E-state index contributed by atoms with van der Waals surface area (Å²) in [5.74, 6) is 0.138. The minimum Gasteiger partial charge on any atom is -0.497 e. The van der Waals surface area contributed by atoms with Crippen molar-refractivity contribution in [3.8, 4) is 5.75 Å². The summed E-state index contributed by atoms with van der Waals surface area (Å²) in [6.45, 7) is 8.10. The van der Waals surface area contributed by atoms with E-state index in [0.717, 1.165) is 22.1 Å². The van der Waals surface area contributed by atoms with Crippen LogP contribution in [0.25, 0.3) is 10.8 Å². The van der Waals surface area contributed by atoms with Crippen molar-refractivity contribution >= 4 is 22.8 Å². The second-order valence-corrected chi connectivity index (χ2v) is 7.86. The predicted octanol–water partition coefficient (Wildman–Crippen LogP) is 4.35. The lowest BCUT2D eigenvalue weighted by atomic mass is 9.86. The molecule has 1 aliphatic heterocycles. The van der Waals surface area contributed by atoms with E-state index >= 15 is 0 Å². The van der Waals surface area contributed by atoms with Crippen LogP contribution in [0.1, 0.15) is 39.2 Å². The Morgan fingerprint density at radius 2 is 1.85 bits per heavy atom. The van der Waals surface area contributed by atoms with Crippen LogP contribution in [-0.4, -0.2) is 36.7 Å². The Balaban J connectivity index is 1.90. The van der Waals surface area contributed by atoms with Crippen LogP contribution in [0.15, 0.2) is 36.4 Å². The van der Waals surface area contributed by atoms with Gasteiger partial charge in [-0.1, -0.05) is 45.0 Å². The number of carbonyl (C=O) groups excluding carboxylic acids is 2. The van der Waals surface area contributed by atoms with Gasteiger partial charge in [0.15, 0.2) is 0 Å². The normalized spacial score (nSPS) is 18.7. The van der Waals surface area contributed by atoms with Gasteiger partial charge in [-0.25, -0.2) is 9.69 Å². The zero-order chi connectivity index (χ0) is 19.1. The number of nitrogens with zero attached hydrogens (tertiary/aromatic N) is 1. The molecule has 26 heavy (non-hydrogen) atoms. The topological polar surface area (TPSA) is 55.8 Å². The summed E-state index contributed by atoms with van der Waals surface area (Å²) in [4.78, 5) is 26.5. The van der Waals surface area contributed by atoms with E-state index in [-0.39, 0.29) is 24.0 Å². The Morgan fingerprint density at radius 3 is 2.50 bits per heavy atom. The molecule has 0 radical (unpaired) electrons. The van der Waals surface area contributed by atoms with Gasteiger partial charge in [-0.15, -0.1) is 0 Å². The molecular weight excluding hydrogens is 330 g/mol. The number of ether oxygens (including phenoxy) is 2. The maximum Gasteiger partial charge on any atom is 0.417 e. The molecule has 5 nitrogen and oxygen atoms in total. The fourth-order valence-electron chi connectivity index (χ4n) is 3.29. The molecule has 138 valence electrons. The third-order valence-electron chi connectivity index (χ3n) is 5.05. The Bertz CT molecular complexity index is 853. The van der Waals surface area contributed by atoms with Crippen molar-refractivity contribution in [1.29, 1.82) is 0 Å². The highest BCUT2D eigenvalue weighted by atomic mass is 16.6. The number of methoxy groups -OCH3 is 1. The first-order chi connectivity index (χ1) is 12.2. The van der Waals surface area contributed by atoms with Gasteiger partial charge in [0, 0.05) is 0 Å². The molecule has 2 aromatic carbocycles. The molecule has 0 saturated carbocycles. The number of hydrogen-bond acceptors (Lipinski definition) is 4. The minimum atomic E-state index is -0.549. The van der Waals surface area contributed by atoms with Crippen LogP contribution in [0.5, 0.6) is 5.75 Å². The van der Waals surface area contributed by atoms with E-state index in [2.05, 4.69) is 0 Å². The Hall–Kier alpha value is -2.56. The van der Waals surface area contributed by atoms with E-state index in [1.165, 1.54) is 4.90 Å². The van der Waals surface area contributed by atoms with Crippen LogP contribution < -0.4 is 4.74 Å². The summed E-state index contributed by atoms with van der Waals surface area (Å²) in [7, 11) is 1.64. The highest BCUT2D eigenvalue weighted by Crippen LogP contribution is 2.33. The average molecular weight is 355 g/mol. The van der Waals surface area contributed by atoms with Crippen molar-refractivity contribution < 1.29 is 19.1 Å². The average Bonchev–Trinajstić information content (AvgIpc) is 3.01. The molecule has 2 atom stereocenters. The van der Waals surface area contributed by atoms with E-state index in [1.807, 2.05) is 64.1 Å². The Morgan fingerprint density at radius 1 is 1.19 bits per heavy atom. The van der Waals surface area contributed by atoms with E-state index in [1.54, 1.807) is 7.11 Å². The molecule has 1 aliphatic rings. The van der Waals surface area contributed by atoms with E-state index in [0.29, 0.717) is 0 Å². The number of amides is 2. The molecule has 3 rings (SSSR count). The third-order valence-corrected chi connectivity index (χ3v) is 5.05. The van der Waals surface area contributed by atoms with Gasteiger partial charge in [0.1, 0.15) is 12.4 Å². The fraction of sp³-hybridized carbons (Fsp3) is 0.429. The van der Waals surface area contributed by atoms with Crippen molar-refractivity contribution in [3.05, 3.63) is 42.0 Å². The number of fused-ring (bicyclic) bond motifs is 1. The van der Waals surface area contributed by atoms with E-state index in [4.69, 9.17) is 9.47 Å². The van der Waals surface area contributed by atoms with Crippen LogP contribution in [0, 0.1) is 5.41 Å². The van der Waals surface area contributed by atoms with Crippen molar-refractivity contribution in [2.24, 2.45) is 5.41 Å². The molecule has 0 aliphatic carbocycles. The molecule has 1 heterocycles. The molecule has 0 bridgehead atoms. The third kappa shape index (κ3) is 3.26. The summed E-state index contributed by atoms with van der Waals surface area (Å²) in [6.07, 6.45) is -0.549. The Kier molecular flexibility index (Phi) is 4.65. The second kappa shape index (κ2) is 6.63. The Labute approximate surface area is 153 Å².